The molecule has 14 heteroatoms. The van der Waals surface area contributed by atoms with Crippen molar-refractivity contribution in [2.24, 2.45) is 0 Å². The molecule has 2 atom stereocenters. The fourth-order valence-electron chi connectivity index (χ4n) is 0.667. The van der Waals surface area contributed by atoms with Gasteiger partial charge in [-0.1, -0.05) is 0 Å². The third-order valence-corrected chi connectivity index (χ3v) is 1.47. The molecule has 0 aliphatic heterocycles. The molecule has 0 aliphatic carbocycles. The van der Waals surface area contributed by atoms with Crippen LogP contribution >= 0.6 is 0 Å². The Hall–Kier alpha value is 4.67. The van der Waals surface area contributed by atoms with Crippen LogP contribution in [0.15, 0.2) is 0 Å². The Kier molecular flexibility index (Phi) is 37.4. The van der Waals surface area contributed by atoms with Gasteiger partial charge in [-0.25, -0.2) is 19.2 Å². The molecule has 0 aliphatic rings. The first kappa shape index (κ1) is 37.4. The van der Waals surface area contributed by atoms with Crippen molar-refractivity contribution in [2.75, 3.05) is 13.2 Å². The number of hydrogen-bond donors (Lipinski definition) is 4. The number of aliphatic hydroxyl groups is 4. The average molecular weight is 427 g/mol. The van der Waals surface area contributed by atoms with E-state index in [9.17, 15) is 19.2 Å². The Labute approximate surface area is 295 Å². The van der Waals surface area contributed by atoms with Crippen LogP contribution in [-0.4, -0.2) is 275 Å². The fourth-order valence-corrected chi connectivity index (χ4v) is 0.667. The first-order chi connectivity index (χ1) is 8.33. The number of ether oxygens (including phenoxy) is 2. The van der Waals surface area contributed by atoms with Crippen molar-refractivity contribution in [1.82, 2.24) is 0 Å². The molecule has 0 rings (SSSR count). The molecule has 0 saturated carbocycles. The molecule has 22 heavy (non-hydrogen) atoms. The van der Waals surface area contributed by atoms with Crippen LogP contribution in [0, 0.1) is 0 Å². The molecular formula is C8H14K4O10. The summed E-state index contributed by atoms with van der Waals surface area (Å²) in [6.45, 7) is -2.30. The molecule has 0 aromatic carbocycles. The van der Waals surface area contributed by atoms with Crippen LogP contribution in [0.25, 0.3) is 0 Å². The van der Waals surface area contributed by atoms with E-state index >= 15 is 0 Å². The fraction of sp³-hybridized carbons (Fsp3) is 0.500. The van der Waals surface area contributed by atoms with E-state index in [4.69, 9.17) is 20.4 Å². The number of carbonyl (C=O) groups is 4. The van der Waals surface area contributed by atoms with E-state index in [-0.39, 0.29) is 206 Å². The third-order valence-electron chi connectivity index (χ3n) is 1.47. The molecule has 0 spiro atoms. The van der Waals surface area contributed by atoms with Crippen molar-refractivity contribution in [3.8, 4) is 0 Å². The Morgan fingerprint density at radius 1 is 0.682 bits per heavy atom. The van der Waals surface area contributed by atoms with Crippen LogP contribution < -0.4 is 0 Å². The van der Waals surface area contributed by atoms with E-state index in [0.29, 0.717) is 0 Å². The molecule has 0 heterocycles. The van der Waals surface area contributed by atoms with Gasteiger partial charge in [-0.15, -0.1) is 0 Å². The molecule has 110 valence electrons. The molecule has 4 N–H and O–H groups in total. The van der Waals surface area contributed by atoms with Gasteiger partial charge in [0, 0.05) is 0 Å². The van der Waals surface area contributed by atoms with Crippen LogP contribution in [0.5, 0.6) is 0 Å². The Morgan fingerprint density at radius 2 is 0.909 bits per heavy atom. The van der Waals surface area contributed by atoms with E-state index in [1.54, 1.807) is 0 Å². The molecule has 0 amide bonds. The standard InChI is InChI=1S/C8H10O10.4K.4H/c9-1-3(11)17-7(15)5(13)6(14)8(16)18-4(12)2-10;;;;;;;;/h5-6,9-10,13-14H,1-2H2;;;;;;;;. The molecule has 2 unspecified atom stereocenters. The summed E-state index contributed by atoms with van der Waals surface area (Å²) in [4.78, 5) is 42.7. The van der Waals surface area contributed by atoms with Crippen molar-refractivity contribution < 1.29 is 49.1 Å². The maximum absolute atomic E-state index is 10.9. The van der Waals surface area contributed by atoms with Crippen LogP contribution in [0.2, 0.25) is 0 Å². The summed E-state index contributed by atoms with van der Waals surface area (Å²) in [5.74, 6) is -6.25. The van der Waals surface area contributed by atoms with E-state index in [1.165, 1.54) is 0 Å². The quantitative estimate of drug-likeness (QED) is 0.188. The summed E-state index contributed by atoms with van der Waals surface area (Å²) in [6, 6.07) is 0. The minimum atomic E-state index is -2.49. The van der Waals surface area contributed by atoms with Crippen molar-refractivity contribution in [2.45, 2.75) is 12.2 Å². The summed E-state index contributed by atoms with van der Waals surface area (Å²) in [5.41, 5.74) is 0. The van der Waals surface area contributed by atoms with Gasteiger partial charge in [-0.2, -0.15) is 0 Å². The van der Waals surface area contributed by atoms with Gasteiger partial charge in [-0.3, -0.25) is 0 Å². The Morgan fingerprint density at radius 3 is 1.09 bits per heavy atom. The first-order valence-electron chi connectivity index (χ1n) is 4.40. The third kappa shape index (κ3) is 16.8. The molecule has 10 nitrogen and oxygen atoms in total. The van der Waals surface area contributed by atoms with Gasteiger partial charge in [0.2, 0.25) is 0 Å². The van der Waals surface area contributed by atoms with Gasteiger partial charge in [-0.05, 0) is 0 Å². The van der Waals surface area contributed by atoms with Gasteiger partial charge >= 0.3 is 229 Å². The number of esters is 4. The average Bonchev–Trinajstić information content (AvgIpc) is 2.36. The Balaban J connectivity index is -0.000000241. The van der Waals surface area contributed by atoms with Crippen molar-refractivity contribution in [3.05, 3.63) is 0 Å². The molecule has 0 aromatic heterocycles. The van der Waals surface area contributed by atoms with Gasteiger partial charge < -0.3 is 29.9 Å². The summed E-state index contributed by atoms with van der Waals surface area (Å²) in [6.07, 6.45) is -4.97. The molecule has 0 aromatic rings. The number of hydrogen-bond acceptors (Lipinski definition) is 10. The summed E-state index contributed by atoms with van der Waals surface area (Å²) in [7, 11) is 0. The van der Waals surface area contributed by atoms with Crippen LogP contribution in [0.1, 0.15) is 0 Å². The predicted molar refractivity (Wildman–Crippen MR) is 77.0 cm³/mol. The van der Waals surface area contributed by atoms with Gasteiger partial charge in [0.05, 0.1) is 0 Å². The molecule has 0 saturated heterocycles. The summed E-state index contributed by atoms with van der Waals surface area (Å²) < 4.78 is 7.57. The SMILES string of the molecule is O=C(CO)OC(=O)C(O)C(O)C(=O)OC(=O)CO.[KH].[KH].[KH].[KH]. The second-order valence-corrected chi connectivity index (χ2v) is 2.79. The molecule has 0 bridgehead atoms. The normalized spacial score (nSPS) is 10.9. The summed E-state index contributed by atoms with van der Waals surface area (Å²) in [5, 5.41) is 34.6. The predicted octanol–water partition coefficient (Wildman–Crippen LogP) is -6.76. The number of rotatable bonds is 5. The monoisotopic (exact) mass is 426 g/mol. The van der Waals surface area contributed by atoms with Gasteiger partial charge in [0.15, 0.2) is 12.2 Å². The van der Waals surface area contributed by atoms with Crippen molar-refractivity contribution in [3.63, 3.8) is 0 Å². The second kappa shape index (κ2) is 22.0. The molecule has 0 radical (unpaired) electrons. The second-order valence-electron chi connectivity index (χ2n) is 2.79. The molecule has 0 fully saturated rings. The van der Waals surface area contributed by atoms with E-state index in [1.807, 2.05) is 0 Å². The number of carbonyl (C=O) groups excluding carboxylic acids is 4. The number of aliphatic hydroxyl groups excluding tert-OH is 4. The first-order valence-corrected chi connectivity index (χ1v) is 4.40. The van der Waals surface area contributed by atoms with Crippen LogP contribution in [-0.2, 0) is 28.7 Å². The van der Waals surface area contributed by atoms with Gasteiger partial charge in [0.25, 0.3) is 0 Å². The van der Waals surface area contributed by atoms with E-state index < -0.39 is 49.3 Å². The zero-order valence-corrected chi connectivity index (χ0v) is 8.81. The van der Waals surface area contributed by atoms with Crippen molar-refractivity contribution in [1.29, 1.82) is 0 Å². The van der Waals surface area contributed by atoms with Gasteiger partial charge in [0.1, 0.15) is 13.2 Å². The van der Waals surface area contributed by atoms with Crippen molar-refractivity contribution >= 4 is 229 Å². The topological polar surface area (TPSA) is 168 Å². The Bertz CT molecular complexity index is 329. The zero-order valence-electron chi connectivity index (χ0n) is 8.81. The van der Waals surface area contributed by atoms with Crippen LogP contribution in [0.3, 0.4) is 0 Å². The maximum atomic E-state index is 10.9. The molecular weight excluding hydrogens is 412 g/mol. The zero-order chi connectivity index (χ0) is 14.3. The van der Waals surface area contributed by atoms with E-state index in [2.05, 4.69) is 9.47 Å². The van der Waals surface area contributed by atoms with E-state index in [0.717, 1.165) is 0 Å². The summed E-state index contributed by atoms with van der Waals surface area (Å²) >= 11 is 0. The minimum absolute atomic E-state index is 0. The van der Waals surface area contributed by atoms with Crippen LogP contribution in [0.4, 0.5) is 0 Å².